The molecule has 3 aromatic rings. The molecule has 1 aromatic carbocycles. The molecule has 7 heteroatoms. The first kappa shape index (κ1) is 19.2. The molecule has 1 aliphatic carbocycles. The van der Waals surface area contributed by atoms with E-state index in [9.17, 15) is 9.59 Å². The molecule has 0 unspecified atom stereocenters. The van der Waals surface area contributed by atoms with Gasteiger partial charge < -0.3 is 10.3 Å². The van der Waals surface area contributed by atoms with Gasteiger partial charge in [0, 0.05) is 22.4 Å². The second-order valence-electron chi connectivity index (χ2n) is 7.45. The minimum atomic E-state index is -0.0862. The van der Waals surface area contributed by atoms with E-state index in [1.54, 1.807) is 23.1 Å². The van der Waals surface area contributed by atoms with Crippen molar-refractivity contribution in [3.63, 3.8) is 0 Å². The number of aromatic amines is 1. The molecule has 2 N–H and O–H groups in total. The Bertz CT molecular complexity index is 1090. The van der Waals surface area contributed by atoms with E-state index >= 15 is 0 Å². The monoisotopic (exact) mass is 413 g/mol. The van der Waals surface area contributed by atoms with E-state index in [1.807, 2.05) is 31.2 Å². The number of amides is 1. The smallest absolute Gasteiger partial charge is 0.259 e. The molecule has 2 atom stereocenters. The number of rotatable bonds is 4. The quantitative estimate of drug-likeness (QED) is 0.595. The van der Waals surface area contributed by atoms with E-state index in [1.165, 1.54) is 17.4 Å². The lowest BCUT2D eigenvalue weighted by Crippen LogP contribution is -2.15. The summed E-state index contributed by atoms with van der Waals surface area (Å²) < 4.78 is 0. The topological polar surface area (TPSA) is 74.8 Å². The summed E-state index contributed by atoms with van der Waals surface area (Å²) in [6, 6.07) is 7.69. The number of H-pyrrole nitrogens is 1. The zero-order valence-corrected chi connectivity index (χ0v) is 17.8. The van der Waals surface area contributed by atoms with Crippen molar-refractivity contribution in [3.05, 3.63) is 50.9 Å². The summed E-state index contributed by atoms with van der Waals surface area (Å²) in [5.41, 5.74) is 1.98. The molecule has 0 saturated heterocycles. The molecule has 2 heterocycles. The number of aromatic nitrogens is 2. The van der Waals surface area contributed by atoms with Crippen LogP contribution in [0, 0.1) is 5.92 Å². The number of hydrogen-bond acceptors (Lipinski definition) is 5. The molecular weight excluding hydrogens is 390 g/mol. The lowest BCUT2D eigenvalue weighted by Gasteiger charge is -2.17. The van der Waals surface area contributed by atoms with Crippen LogP contribution in [-0.2, 0) is 17.6 Å². The van der Waals surface area contributed by atoms with Gasteiger partial charge in [-0.25, -0.2) is 4.98 Å². The largest absolute Gasteiger partial charge is 0.326 e. The van der Waals surface area contributed by atoms with Gasteiger partial charge in [-0.2, -0.15) is 0 Å². The molecule has 28 heavy (non-hydrogen) atoms. The van der Waals surface area contributed by atoms with Crippen LogP contribution in [0.1, 0.15) is 48.7 Å². The number of fused-ring (bicyclic) bond motifs is 3. The van der Waals surface area contributed by atoms with Gasteiger partial charge in [0.05, 0.1) is 10.6 Å². The van der Waals surface area contributed by atoms with Crippen molar-refractivity contribution in [2.45, 2.75) is 50.2 Å². The van der Waals surface area contributed by atoms with Gasteiger partial charge >= 0.3 is 0 Å². The molecule has 2 aromatic heterocycles. The summed E-state index contributed by atoms with van der Waals surface area (Å²) >= 11 is 3.32. The van der Waals surface area contributed by atoms with Crippen molar-refractivity contribution in [1.29, 1.82) is 0 Å². The maximum atomic E-state index is 12.8. The minimum Gasteiger partial charge on any atom is -0.326 e. The fraction of sp³-hybridized carbons (Fsp3) is 0.381. The number of hydrogen-bond donors (Lipinski definition) is 2. The van der Waals surface area contributed by atoms with Crippen LogP contribution >= 0.6 is 23.1 Å². The molecule has 0 aliphatic heterocycles. The molecule has 146 valence electrons. The molecule has 5 nitrogen and oxygen atoms in total. The van der Waals surface area contributed by atoms with Crippen LogP contribution in [0.15, 0.2) is 34.0 Å². The molecular formula is C21H23N3O2S2. The van der Waals surface area contributed by atoms with Crippen LogP contribution < -0.4 is 10.9 Å². The van der Waals surface area contributed by atoms with Crippen LogP contribution in [0.5, 0.6) is 0 Å². The van der Waals surface area contributed by atoms with E-state index in [0.717, 1.165) is 40.1 Å². The summed E-state index contributed by atoms with van der Waals surface area (Å²) in [6.07, 6.45) is 3.17. The SMILES string of the molecule is CC(=O)Nc1ccc(S[C@H](C)c2nc3sc4c(c3c(=O)[nH]2)CC[C@H](C)C4)cc1. The molecule has 0 bridgehead atoms. The maximum Gasteiger partial charge on any atom is 0.259 e. The third kappa shape index (κ3) is 3.86. The van der Waals surface area contributed by atoms with E-state index in [-0.39, 0.29) is 16.7 Å². The van der Waals surface area contributed by atoms with Crippen LogP contribution in [0.2, 0.25) is 0 Å². The van der Waals surface area contributed by atoms with Gasteiger partial charge in [-0.1, -0.05) is 6.92 Å². The van der Waals surface area contributed by atoms with Gasteiger partial charge in [0.25, 0.3) is 5.56 Å². The zero-order valence-electron chi connectivity index (χ0n) is 16.2. The highest BCUT2D eigenvalue weighted by atomic mass is 32.2. The lowest BCUT2D eigenvalue weighted by atomic mass is 9.89. The number of aryl methyl sites for hydroxylation is 1. The van der Waals surface area contributed by atoms with Gasteiger partial charge in [-0.3, -0.25) is 9.59 Å². The standard InChI is InChI=1S/C21H23N3O2S2/c1-11-4-9-16-17(10-11)28-21-18(16)20(26)23-19(24-21)12(2)27-15-7-5-14(6-8-15)22-13(3)25/h5-8,11-12H,4,9-10H2,1-3H3,(H,22,25)(H,23,24,26)/t11-,12+/m0/s1. The Morgan fingerprint density at radius 3 is 2.82 bits per heavy atom. The highest BCUT2D eigenvalue weighted by Gasteiger charge is 2.23. The molecule has 1 amide bonds. The van der Waals surface area contributed by atoms with Crippen molar-refractivity contribution in [2.24, 2.45) is 5.92 Å². The first-order valence-electron chi connectivity index (χ1n) is 9.49. The number of carbonyl (C=O) groups excluding carboxylic acids is 1. The number of thioether (sulfide) groups is 1. The number of nitrogens with one attached hydrogen (secondary N) is 2. The fourth-order valence-electron chi connectivity index (χ4n) is 3.64. The van der Waals surface area contributed by atoms with Gasteiger partial charge in [0.2, 0.25) is 5.91 Å². The summed E-state index contributed by atoms with van der Waals surface area (Å²) in [5, 5.41) is 3.58. The third-order valence-electron chi connectivity index (χ3n) is 5.06. The van der Waals surface area contributed by atoms with E-state index < -0.39 is 0 Å². The van der Waals surface area contributed by atoms with Crippen molar-refractivity contribution >= 4 is 44.9 Å². The number of benzene rings is 1. The van der Waals surface area contributed by atoms with Crippen LogP contribution in [0.3, 0.4) is 0 Å². The Balaban J connectivity index is 1.58. The normalized spacial score (nSPS) is 17.3. The molecule has 0 spiro atoms. The van der Waals surface area contributed by atoms with Gasteiger partial charge in [-0.05, 0) is 61.9 Å². The van der Waals surface area contributed by atoms with Gasteiger partial charge in [0.15, 0.2) is 0 Å². The highest BCUT2D eigenvalue weighted by Crippen LogP contribution is 2.38. The Labute approximate surface area is 172 Å². The van der Waals surface area contributed by atoms with Crippen molar-refractivity contribution in [2.75, 3.05) is 5.32 Å². The van der Waals surface area contributed by atoms with Crippen LogP contribution in [0.4, 0.5) is 5.69 Å². The first-order chi connectivity index (χ1) is 13.4. The summed E-state index contributed by atoms with van der Waals surface area (Å²) in [4.78, 5) is 35.0. The Morgan fingerprint density at radius 1 is 1.36 bits per heavy atom. The van der Waals surface area contributed by atoms with Crippen LogP contribution in [-0.4, -0.2) is 15.9 Å². The zero-order chi connectivity index (χ0) is 19.8. The van der Waals surface area contributed by atoms with E-state index in [4.69, 9.17) is 4.98 Å². The van der Waals surface area contributed by atoms with Crippen molar-refractivity contribution < 1.29 is 4.79 Å². The average molecular weight is 414 g/mol. The maximum absolute atomic E-state index is 12.8. The molecule has 0 saturated carbocycles. The number of nitrogens with zero attached hydrogens (tertiary/aromatic N) is 1. The minimum absolute atomic E-state index is 0.0134. The average Bonchev–Trinajstić information content (AvgIpc) is 3.00. The van der Waals surface area contributed by atoms with Crippen molar-refractivity contribution in [1.82, 2.24) is 9.97 Å². The second kappa shape index (κ2) is 7.72. The number of thiophene rings is 1. The number of carbonyl (C=O) groups is 1. The Kier molecular flexibility index (Phi) is 5.29. The van der Waals surface area contributed by atoms with E-state index in [2.05, 4.69) is 17.2 Å². The molecule has 4 rings (SSSR count). The van der Waals surface area contributed by atoms with Crippen LogP contribution in [0.25, 0.3) is 10.2 Å². The van der Waals surface area contributed by atoms with Gasteiger partial charge in [-0.15, -0.1) is 23.1 Å². The molecule has 1 aliphatic rings. The van der Waals surface area contributed by atoms with Crippen molar-refractivity contribution in [3.8, 4) is 0 Å². The predicted octanol–water partition coefficient (Wildman–Crippen LogP) is 4.92. The summed E-state index contributed by atoms with van der Waals surface area (Å²) in [7, 11) is 0. The second-order valence-corrected chi connectivity index (χ2v) is 9.95. The Morgan fingerprint density at radius 2 is 2.11 bits per heavy atom. The summed E-state index contributed by atoms with van der Waals surface area (Å²) in [5.74, 6) is 1.30. The van der Waals surface area contributed by atoms with Gasteiger partial charge in [0.1, 0.15) is 10.7 Å². The first-order valence-corrected chi connectivity index (χ1v) is 11.2. The van der Waals surface area contributed by atoms with E-state index in [0.29, 0.717) is 11.7 Å². The molecule has 0 radical (unpaired) electrons. The third-order valence-corrected chi connectivity index (χ3v) is 7.33. The Hall–Kier alpha value is -2.12. The number of anilines is 1. The fourth-order valence-corrected chi connectivity index (χ4v) is 5.95. The highest BCUT2D eigenvalue weighted by molar-refractivity contribution is 7.99. The lowest BCUT2D eigenvalue weighted by molar-refractivity contribution is -0.114. The predicted molar refractivity (Wildman–Crippen MR) is 116 cm³/mol. The summed E-state index contributed by atoms with van der Waals surface area (Å²) in [6.45, 7) is 5.81. The molecule has 0 fully saturated rings.